The molecule has 9 heteroatoms. The Balaban J connectivity index is 1.70. The summed E-state index contributed by atoms with van der Waals surface area (Å²) in [4.78, 5) is 2.37. The maximum atomic E-state index is 12.8. The molecule has 0 spiro atoms. The summed E-state index contributed by atoms with van der Waals surface area (Å²) in [6.45, 7) is 4.79. The predicted octanol–water partition coefficient (Wildman–Crippen LogP) is 5.90. The third-order valence-electron chi connectivity index (χ3n) is 6.41. The fourth-order valence-corrected chi connectivity index (χ4v) is 5.27. The molecular formula is C27H28F3NO4S. The molecule has 0 amide bonds. The molecular weight excluding hydrogens is 491 g/mol. The Labute approximate surface area is 209 Å². The van der Waals surface area contributed by atoms with Gasteiger partial charge in [0.1, 0.15) is 11.5 Å². The highest BCUT2D eigenvalue weighted by Crippen LogP contribution is 2.42. The topological polar surface area (TPSA) is 55.8 Å². The van der Waals surface area contributed by atoms with E-state index in [2.05, 4.69) is 21.2 Å². The SMILES string of the molecule is CCOc1cccc(C2(c3ccc(OS(=O)(=O)C(F)(F)F)cc3)CCCN(Cc3ccccc3)C2)c1. The minimum Gasteiger partial charge on any atom is -0.494 e. The van der Waals surface area contributed by atoms with Gasteiger partial charge in [-0.15, -0.1) is 0 Å². The van der Waals surface area contributed by atoms with Crippen molar-refractivity contribution in [1.82, 2.24) is 4.90 Å². The molecule has 192 valence electrons. The van der Waals surface area contributed by atoms with Crippen LogP contribution in [-0.2, 0) is 22.1 Å². The standard InChI is InChI=1S/C27H28F3NO4S/c1-2-34-25-11-6-10-23(18-25)26(16-7-17-31(20-26)19-21-8-4-3-5-9-21)22-12-14-24(15-13-22)35-36(32,33)27(28,29)30/h3-6,8-15,18H,2,7,16-17,19-20H2,1H3. The van der Waals surface area contributed by atoms with Gasteiger partial charge in [0.25, 0.3) is 0 Å². The number of likely N-dealkylation sites (tertiary alicyclic amines) is 1. The summed E-state index contributed by atoms with van der Waals surface area (Å²) >= 11 is 0. The van der Waals surface area contributed by atoms with Crippen LogP contribution in [0.3, 0.4) is 0 Å². The van der Waals surface area contributed by atoms with Gasteiger partial charge in [0.05, 0.1) is 6.61 Å². The van der Waals surface area contributed by atoms with Crippen LogP contribution in [0.2, 0.25) is 0 Å². The molecule has 5 nitrogen and oxygen atoms in total. The van der Waals surface area contributed by atoms with E-state index in [1.807, 2.05) is 49.4 Å². The van der Waals surface area contributed by atoms with Crippen molar-refractivity contribution in [3.63, 3.8) is 0 Å². The van der Waals surface area contributed by atoms with E-state index < -0.39 is 21.0 Å². The first kappa shape index (κ1) is 26.0. The first-order valence-electron chi connectivity index (χ1n) is 11.7. The quantitative estimate of drug-likeness (QED) is 0.274. The van der Waals surface area contributed by atoms with Crippen LogP contribution in [0.4, 0.5) is 13.2 Å². The van der Waals surface area contributed by atoms with Crippen LogP contribution in [0.15, 0.2) is 78.9 Å². The van der Waals surface area contributed by atoms with E-state index in [1.165, 1.54) is 17.7 Å². The van der Waals surface area contributed by atoms with Crippen molar-refractivity contribution >= 4 is 10.1 Å². The van der Waals surface area contributed by atoms with Crippen molar-refractivity contribution in [2.24, 2.45) is 0 Å². The van der Waals surface area contributed by atoms with Gasteiger partial charge in [-0.05, 0) is 67.3 Å². The number of rotatable bonds is 8. The third-order valence-corrected chi connectivity index (χ3v) is 7.39. The van der Waals surface area contributed by atoms with Gasteiger partial charge in [-0.2, -0.15) is 21.6 Å². The molecule has 0 N–H and O–H groups in total. The minimum atomic E-state index is -5.74. The molecule has 36 heavy (non-hydrogen) atoms. The van der Waals surface area contributed by atoms with Crippen molar-refractivity contribution in [1.29, 1.82) is 0 Å². The lowest BCUT2D eigenvalue weighted by Crippen LogP contribution is -2.46. The van der Waals surface area contributed by atoms with Gasteiger partial charge in [-0.3, -0.25) is 4.90 Å². The van der Waals surface area contributed by atoms with E-state index in [4.69, 9.17) is 4.74 Å². The summed E-state index contributed by atoms with van der Waals surface area (Å²) in [6, 6.07) is 23.9. The van der Waals surface area contributed by atoms with Gasteiger partial charge in [-0.1, -0.05) is 54.6 Å². The van der Waals surface area contributed by atoms with E-state index in [9.17, 15) is 21.6 Å². The Morgan fingerprint density at radius 1 is 0.917 bits per heavy atom. The lowest BCUT2D eigenvalue weighted by molar-refractivity contribution is -0.0500. The molecule has 1 aliphatic heterocycles. The van der Waals surface area contributed by atoms with Gasteiger partial charge in [-0.25, -0.2) is 0 Å². The summed E-state index contributed by atoms with van der Waals surface area (Å²) in [6.07, 6.45) is 1.72. The molecule has 1 heterocycles. The van der Waals surface area contributed by atoms with E-state index >= 15 is 0 Å². The van der Waals surface area contributed by atoms with E-state index in [-0.39, 0.29) is 5.75 Å². The number of halogens is 3. The maximum Gasteiger partial charge on any atom is 0.534 e. The summed E-state index contributed by atoms with van der Waals surface area (Å²) in [7, 11) is -5.74. The highest BCUT2D eigenvalue weighted by Gasteiger charge is 2.48. The summed E-state index contributed by atoms with van der Waals surface area (Å²) < 4.78 is 71.2. The second-order valence-corrected chi connectivity index (χ2v) is 10.4. The zero-order valence-electron chi connectivity index (χ0n) is 19.9. The second-order valence-electron chi connectivity index (χ2n) is 8.85. The third kappa shape index (κ3) is 5.68. The zero-order chi connectivity index (χ0) is 25.8. The average Bonchev–Trinajstić information content (AvgIpc) is 2.85. The van der Waals surface area contributed by atoms with Crippen LogP contribution in [-0.4, -0.2) is 38.5 Å². The molecule has 3 aromatic rings. The molecule has 0 bridgehead atoms. The number of alkyl halides is 3. The van der Waals surface area contributed by atoms with Gasteiger partial charge in [0, 0.05) is 18.5 Å². The number of ether oxygens (including phenoxy) is 1. The van der Waals surface area contributed by atoms with Crippen LogP contribution in [0.5, 0.6) is 11.5 Å². The average molecular weight is 520 g/mol. The smallest absolute Gasteiger partial charge is 0.494 e. The van der Waals surface area contributed by atoms with Crippen molar-refractivity contribution < 1.29 is 30.5 Å². The molecule has 1 aliphatic rings. The molecule has 0 aliphatic carbocycles. The van der Waals surface area contributed by atoms with E-state index in [0.29, 0.717) is 13.2 Å². The van der Waals surface area contributed by atoms with Crippen LogP contribution in [0, 0.1) is 0 Å². The Morgan fingerprint density at radius 2 is 1.64 bits per heavy atom. The first-order valence-corrected chi connectivity index (χ1v) is 13.1. The predicted molar refractivity (Wildman–Crippen MR) is 131 cm³/mol. The maximum absolute atomic E-state index is 12.8. The molecule has 1 saturated heterocycles. The Morgan fingerprint density at radius 3 is 2.31 bits per heavy atom. The van der Waals surface area contributed by atoms with Crippen molar-refractivity contribution in [2.45, 2.75) is 37.2 Å². The molecule has 4 rings (SSSR count). The van der Waals surface area contributed by atoms with Gasteiger partial charge >= 0.3 is 15.6 Å². The number of piperidine rings is 1. The molecule has 0 radical (unpaired) electrons. The Bertz CT molecular complexity index is 1260. The monoisotopic (exact) mass is 519 g/mol. The summed E-state index contributed by atoms with van der Waals surface area (Å²) in [5.41, 5.74) is -2.87. The van der Waals surface area contributed by atoms with Crippen molar-refractivity contribution in [3.8, 4) is 11.5 Å². The number of hydrogen-bond acceptors (Lipinski definition) is 5. The van der Waals surface area contributed by atoms with E-state index in [0.717, 1.165) is 42.8 Å². The number of nitrogens with zero attached hydrogens (tertiary/aromatic N) is 1. The Kier molecular flexibility index (Phi) is 7.61. The van der Waals surface area contributed by atoms with Crippen LogP contribution in [0.1, 0.15) is 36.5 Å². The Hall–Kier alpha value is -3.04. The largest absolute Gasteiger partial charge is 0.534 e. The molecule has 3 aromatic carbocycles. The molecule has 0 saturated carbocycles. The fourth-order valence-electron chi connectivity index (χ4n) is 4.81. The molecule has 1 atom stereocenters. The highest BCUT2D eigenvalue weighted by molar-refractivity contribution is 7.88. The van der Waals surface area contributed by atoms with Gasteiger partial charge in [0.2, 0.25) is 0 Å². The van der Waals surface area contributed by atoms with Crippen LogP contribution in [0.25, 0.3) is 0 Å². The number of hydrogen-bond donors (Lipinski definition) is 0. The van der Waals surface area contributed by atoms with Gasteiger partial charge in [0.15, 0.2) is 0 Å². The van der Waals surface area contributed by atoms with Crippen LogP contribution >= 0.6 is 0 Å². The first-order chi connectivity index (χ1) is 17.1. The van der Waals surface area contributed by atoms with Crippen molar-refractivity contribution in [2.75, 3.05) is 19.7 Å². The minimum absolute atomic E-state index is 0.383. The lowest BCUT2D eigenvalue weighted by Gasteiger charge is -2.44. The second kappa shape index (κ2) is 10.5. The summed E-state index contributed by atoms with van der Waals surface area (Å²) in [5, 5.41) is 0. The molecule has 1 fully saturated rings. The lowest BCUT2D eigenvalue weighted by atomic mass is 9.69. The van der Waals surface area contributed by atoms with Gasteiger partial charge < -0.3 is 8.92 Å². The molecule has 1 unspecified atom stereocenters. The fraction of sp³-hybridized carbons (Fsp3) is 0.333. The van der Waals surface area contributed by atoms with Crippen molar-refractivity contribution in [3.05, 3.63) is 95.6 Å². The number of benzene rings is 3. The highest BCUT2D eigenvalue weighted by atomic mass is 32.2. The molecule has 0 aromatic heterocycles. The summed E-state index contributed by atoms with van der Waals surface area (Å²) in [5.74, 6) is 0.358. The zero-order valence-corrected chi connectivity index (χ0v) is 20.7. The normalized spacial score (nSPS) is 19.1. The van der Waals surface area contributed by atoms with E-state index in [1.54, 1.807) is 12.1 Å². The van der Waals surface area contributed by atoms with Crippen LogP contribution < -0.4 is 8.92 Å².